The maximum Gasteiger partial charge on any atom is 0.165 e. The van der Waals surface area contributed by atoms with Crippen LogP contribution in [0.15, 0.2) is 97.1 Å². The molecule has 2 atom stereocenters. The predicted molar refractivity (Wildman–Crippen MR) is 147 cm³/mol. The van der Waals surface area contributed by atoms with Crippen LogP contribution < -0.4 is 4.74 Å². The number of hydrogen-bond acceptors (Lipinski definition) is 3. The molecule has 0 aliphatic heterocycles. The highest BCUT2D eigenvalue weighted by atomic mass is 16.5. The highest BCUT2D eigenvalue weighted by molar-refractivity contribution is 6.01. The second-order valence-electron chi connectivity index (χ2n) is 10.7. The fourth-order valence-electron chi connectivity index (χ4n) is 6.42. The van der Waals surface area contributed by atoms with Crippen molar-refractivity contribution in [2.24, 2.45) is 17.8 Å². The van der Waals surface area contributed by atoms with Crippen LogP contribution in [0.4, 0.5) is 0 Å². The lowest BCUT2D eigenvalue weighted by molar-refractivity contribution is -0.118. The Kier molecular flexibility index (Phi) is 6.61. The molecular weight excluding hydrogens is 456 g/mol. The van der Waals surface area contributed by atoms with Gasteiger partial charge in [0.1, 0.15) is 17.3 Å². The lowest BCUT2D eigenvalue weighted by atomic mass is 9.73. The van der Waals surface area contributed by atoms with E-state index in [2.05, 4.69) is 18.2 Å². The van der Waals surface area contributed by atoms with Crippen molar-refractivity contribution in [3.05, 3.63) is 108 Å². The van der Waals surface area contributed by atoms with Crippen molar-refractivity contribution in [3.8, 4) is 11.5 Å². The Bertz CT molecular complexity index is 1400. The summed E-state index contributed by atoms with van der Waals surface area (Å²) >= 11 is 0. The molecule has 2 unspecified atom stereocenters. The SMILES string of the molecule is O=C(c1ccc2ccccc2c1)C1CCC(C2CC(=O)C(c3ccc(Oc4ccccc4)cc3)C2)CC1. The van der Waals surface area contributed by atoms with Crippen molar-refractivity contribution >= 4 is 22.3 Å². The van der Waals surface area contributed by atoms with E-state index in [9.17, 15) is 9.59 Å². The number of Topliss-reactive ketones (excluding diaryl/α,β-unsaturated/α-hetero) is 2. The van der Waals surface area contributed by atoms with Crippen LogP contribution in [0.1, 0.15) is 60.4 Å². The number of benzene rings is 4. The summed E-state index contributed by atoms with van der Waals surface area (Å²) in [5.74, 6) is 3.27. The summed E-state index contributed by atoms with van der Waals surface area (Å²) in [6.45, 7) is 0. The van der Waals surface area contributed by atoms with Gasteiger partial charge in [-0.15, -0.1) is 0 Å². The zero-order chi connectivity index (χ0) is 25.2. The van der Waals surface area contributed by atoms with Crippen molar-refractivity contribution in [2.45, 2.75) is 44.4 Å². The molecule has 37 heavy (non-hydrogen) atoms. The molecule has 4 aromatic carbocycles. The van der Waals surface area contributed by atoms with Crippen molar-refractivity contribution in [1.82, 2.24) is 0 Å². The minimum absolute atomic E-state index is 0.0206. The predicted octanol–water partition coefficient (Wildman–Crippen LogP) is 8.38. The second kappa shape index (κ2) is 10.3. The molecule has 0 N–H and O–H groups in total. The highest BCUT2D eigenvalue weighted by Gasteiger charge is 2.39. The number of rotatable bonds is 6. The molecule has 2 saturated carbocycles. The van der Waals surface area contributed by atoms with E-state index in [1.165, 1.54) is 5.39 Å². The first-order valence-electron chi connectivity index (χ1n) is 13.5. The normalized spacial score (nSPS) is 23.7. The van der Waals surface area contributed by atoms with E-state index in [1.54, 1.807) is 0 Å². The molecule has 4 aromatic rings. The number of ketones is 2. The fourth-order valence-corrected chi connectivity index (χ4v) is 6.42. The monoisotopic (exact) mass is 488 g/mol. The maximum absolute atomic E-state index is 13.2. The lowest BCUT2D eigenvalue weighted by Gasteiger charge is -2.31. The first-order chi connectivity index (χ1) is 18.1. The van der Waals surface area contributed by atoms with Crippen LogP contribution in [0, 0.1) is 17.8 Å². The number of ether oxygens (including phenoxy) is 1. The molecule has 0 amide bonds. The summed E-state index contributed by atoms with van der Waals surface area (Å²) in [6.07, 6.45) is 5.53. The van der Waals surface area contributed by atoms with E-state index in [0.717, 1.165) is 60.1 Å². The minimum Gasteiger partial charge on any atom is -0.457 e. The molecule has 0 spiro atoms. The largest absolute Gasteiger partial charge is 0.457 e. The van der Waals surface area contributed by atoms with Crippen LogP contribution in [-0.2, 0) is 4.79 Å². The van der Waals surface area contributed by atoms with Gasteiger partial charge in [0.05, 0.1) is 0 Å². The summed E-state index contributed by atoms with van der Waals surface area (Å²) in [5, 5.41) is 2.29. The van der Waals surface area contributed by atoms with Gasteiger partial charge < -0.3 is 4.74 Å². The first kappa shape index (κ1) is 23.7. The summed E-state index contributed by atoms with van der Waals surface area (Å²) in [4.78, 5) is 26.2. The Hall–Kier alpha value is -3.72. The van der Waals surface area contributed by atoms with Gasteiger partial charge in [-0.3, -0.25) is 9.59 Å². The van der Waals surface area contributed by atoms with E-state index in [1.807, 2.05) is 78.9 Å². The van der Waals surface area contributed by atoms with Gasteiger partial charge in [0.15, 0.2) is 5.78 Å². The minimum atomic E-state index is -0.0206. The molecule has 0 saturated heterocycles. The quantitative estimate of drug-likeness (QED) is 0.256. The third kappa shape index (κ3) is 5.09. The Morgan fingerprint density at radius 1 is 0.676 bits per heavy atom. The lowest BCUT2D eigenvalue weighted by Crippen LogP contribution is -2.25. The average Bonchev–Trinajstić information content (AvgIpc) is 3.35. The molecule has 0 bridgehead atoms. The van der Waals surface area contributed by atoms with Crippen LogP contribution in [0.3, 0.4) is 0 Å². The summed E-state index contributed by atoms with van der Waals surface area (Å²) in [6, 6.07) is 32.0. The maximum atomic E-state index is 13.2. The zero-order valence-corrected chi connectivity index (χ0v) is 21.0. The van der Waals surface area contributed by atoms with E-state index in [-0.39, 0.29) is 17.6 Å². The molecule has 0 heterocycles. The number of fused-ring (bicyclic) bond motifs is 1. The van der Waals surface area contributed by atoms with E-state index < -0.39 is 0 Å². The van der Waals surface area contributed by atoms with Gasteiger partial charge in [-0.05, 0) is 90.6 Å². The van der Waals surface area contributed by atoms with Crippen LogP contribution in [0.25, 0.3) is 10.8 Å². The summed E-state index contributed by atoms with van der Waals surface area (Å²) in [5.41, 5.74) is 1.92. The standard InChI is InChI=1S/C34H32O3/c35-33-22-29(21-32(33)25-16-18-31(19-17-25)37-30-8-2-1-3-9-30)24-10-13-26(14-11-24)34(36)28-15-12-23-6-4-5-7-27(23)20-28/h1-9,12,15-20,24,26,29,32H,10-11,13-14,21-22H2. The molecule has 2 fully saturated rings. The summed E-state index contributed by atoms with van der Waals surface area (Å²) < 4.78 is 5.91. The van der Waals surface area contributed by atoms with Gasteiger partial charge in [-0.25, -0.2) is 0 Å². The zero-order valence-electron chi connectivity index (χ0n) is 21.0. The number of carbonyl (C=O) groups excluding carboxylic acids is 2. The Morgan fingerprint density at radius 2 is 1.35 bits per heavy atom. The third-order valence-corrected chi connectivity index (χ3v) is 8.50. The van der Waals surface area contributed by atoms with Crippen molar-refractivity contribution in [1.29, 1.82) is 0 Å². The van der Waals surface area contributed by atoms with Gasteiger partial charge in [0.25, 0.3) is 0 Å². The molecule has 3 heteroatoms. The molecular formula is C34H32O3. The fraction of sp³-hybridized carbons (Fsp3) is 0.294. The Balaban J connectivity index is 1.05. The van der Waals surface area contributed by atoms with Crippen LogP contribution in [0.5, 0.6) is 11.5 Å². The molecule has 2 aliphatic rings. The number of carbonyl (C=O) groups is 2. The summed E-state index contributed by atoms with van der Waals surface area (Å²) in [7, 11) is 0. The van der Waals surface area contributed by atoms with E-state index in [0.29, 0.717) is 24.0 Å². The molecule has 186 valence electrons. The molecule has 3 nitrogen and oxygen atoms in total. The topological polar surface area (TPSA) is 43.4 Å². The first-order valence-corrected chi connectivity index (χ1v) is 13.5. The molecule has 6 rings (SSSR count). The highest BCUT2D eigenvalue weighted by Crippen LogP contribution is 2.45. The van der Waals surface area contributed by atoms with Crippen molar-refractivity contribution < 1.29 is 14.3 Å². The van der Waals surface area contributed by atoms with Crippen LogP contribution >= 0.6 is 0 Å². The van der Waals surface area contributed by atoms with Gasteiger partial charge in [0.2, 0.25) is 0 Å². The Labute approximate surface area is 218 Å². The molecule has 2 aliphatic carbocycles. The molecule has 0 radical (unpaired) electrons. The van der Waals surface area contributed by atoms with E-state index in [4.69, 9.17) is 4.74 Å². The van der Waals surface area contributed by atoms with Crippen molar-refractivity contribution in [2.75, 3.05) is 0 Å². The van der Waals surface area contributed by atoms with Gasteiger partial charge in [0, 0.05) is 23.8 Å². The second-order valence-corrected chi connectivity index (χ2v) is 10.7. The Morgan fingerprint density at radius 3 is 2.11 bits per heavy atom. The van der Waals surface area contributed by atoms with Gasteiger partial charge in [-0.2, -0.15) is 0 Å². The van der Waals surface area contributed by atoms with Gasteiger partial charge in [-0.1, -0.05) is 66.7 Å². The van der Waals surface area contributed by atoms with Crippen molar-refractivity contribution in [3.63, 3.8) is 0 Å². The molecule has 0 aromatic heterocycles. The smallest absolute Gasteiger partial charge is 0.165 e. The van der Waals surface area contributed by atoms with Gasteiger partial charge >= 0.3 is 0 Å². The van der Waals surface area contributed by atoms with E-state index >= 15 is 0 Å². The van der Waals surface area contributed by atoms with Crippen LogP contribution in [-0.4, -0.2) is 11.6 Å². The van der Waals surface area contributed by atoms with Crippen LogP contribution in [0.2, 0.25) is 0 Å². The third-order valence-electron chi connectivity index (χ3n) is 8.50. The number of hydrogen-bond donors (Lipinski definition) is 0. The average molecular weight is 489 g/mol. The number of para-hydroxylation sites is 1.